The van der Waals surface area contributed by atoms with Gasteiger partial charge < -0.3 is 4.57 Å². The minimum atomic E-state index is -0.210. The van der Waals surface area contributed by atoms with Gasteiger partial charge in [-0.1, -0.05) is 5.21 Å². The number of alkyl halides is 1. The van der Waals surface area contributed by atoms with Crippen LogP contribution in [0.1, 0.15) is 23.7 Å². The number of fused-ring (bicyclic) bond motifs is 1. The van der Waals surface area contributed by atoms with Crippen molar-refractivity contribution in [3.05, 3.63) is 42.0 Å². The first kappa shape index (κ1) is 13.6. The molecule has 2 heterocycles. The Labute approximate surface area is 126 Å². The predicted octanol–water partition coefficient (Wildman–Crippen LogP) is 2.50. The summed E-state index contributed by atoms with van der Waals surface area (Å²) in [6.07, 6.45) is 3.45. The molecule has 0 amide bonds. The fourth-order valence-corrected chi connectivity index (χ4v) is 2.47. The van der Waals surface area contributed by atoms with Gasteiger partial charge in [-0.15, -0.1) is 16.7 Å². The summed E-state index contributed by atoms with van der Waals surface area (Å²) in [5.41, 5.74) is 2.37. The van der Waals surface area contributed by atoms with E-state index in [1.165, 1.54) is 0 Å². The topological polar surface area (TPSA) is 72.3 Å². The number of rotatable bonds is 4. The first-order valence-electron chi connectivity index (χ1n) is 6.57. The molecule has 0 aliphatic heterocycles. The van der Waals surface area contributed by atoms with E-state index in [1.807, 2.05) is 29.8 Å². The lowest BCUT2D eigenvalue weighted by molar-refractivity contribution is 0.515. The lowest BCUT2D eigenvalue weighted by atomic mass is 10.2. The van der Waals surface area contributed by atoms with Crippen molar-refractivity contribution in [2.45, 2.75) is 25.4 Å². The molecule has 0 saturated carbocycles. The molecule has 7 heteroatoms. The summed E-state index contributed by atoms with van der Waals surface area (Å²) in [4.78, 5) is 4.56. The highest BCUT2D eigenvalue weighted by Gasteiger charge is 2.15. The van der Waals surface area contributed by atoms with Crippen LogP contribution in [0.25, 0.3) is 11.0 Å². The molecule has 1 atom stereocenters. The van der Waals surface area contributed by atoms with Gasteiger partial charge >= 0.3 is 0 Å². The molecule has 0 radical (unpaired) electrons. The Balaban J connectivity index is 2.04. The van der Waals surface area contributed by atoms with Crippen molar-refractivity contribution in [3.63, 3.8) is 0 Å². The van der Waals surface area contributed by atoms with E-state index in [9.17, 15) is 0 Å². The molecule has 0 aliphatic carbocycles. The van der Waals surface area contributed by atoms with Crippen LogP contribution in [0.2, 0.25) is 0 Å². The van der Waals surface area contributed by atoms with Crippen molar-refractivity contribution in [2.75, 3.05) is 0 Å². The first-order valence-corrected chi connectivity index (χ1v) is 7.01. The number of imidazole rings is 1. The Morgan fingerprint density at radius 3 is 2.90 bits per heavy atom. The Morgan fingerprint density at radius 2 is 2.24 bits per heavy atom. The standard InChI is InChI=1S/C14H13ClN6/c1-10(15)14-18-12-3-2-11(9-16)8-13(12)21(14)7-6-20-5-4-17-19-20/h2-5,8,10H,6-7H2,1H3. The van der Waals surface area contributed by atoms with Crippen LogP contribution in [0.15, 0.2) is 30.6 Å². The molecule has 3 rings (SSSR count). The number of nitriles is 1. The fraction of sp³-hybridized carbons (Fsp3) is 0.286. The number of hydrogen-bond donors (Lipinski definition) is 0. The van der Waals surface area contributed by atoms with Gasteiger partial charge in [-0.3, -0.25) is 4.68 Å². The Kier molecular flexibility index (Phi) is 3.59. The van der Waals surface area contributed by atoms with Gasteiger partial charge in [0.1, 0.15) is 5.82 Å². The van der Waals surface area contributed by atoms with E-state index < -0.39 is 0 Å². The minimum Gasteiger partial charge on any atom is -0.325 e. The number of benzene rings is 1. The fourth-order valence-electron chi connectivity index (χ4n) is 2.30. The second-order valence-corrected chi connectivity index (χ2v) is 5.37. The van der Waals surface area contributed by atoms with Crippen LogP contribution in [0.4, 0.5) is 0 Å². The molecule has 2 aromatic heterocycles. The quantitative estimate of drug-likeness (QED) is 0.694. The molecule has 0 fully saturated rings. The molecule has 0 saturated heterocycles. The van der Waals surface area contributed by atoms with Crippen LogP contribution in [-0.2, 0) is 13.1 Å². The smallest absolute Gasteiger partial charge is 0.127 e. The van der Waals surface area contributed by atoms with E-state index in [0.717, 1.165) is 16.9 Å². The average molecular weight is 301 g/mol. The van der Waals surface area contributed by atoms with Crippen molar-refractivity contribution in [1.29, 1.82) is 5.26 Å². The van der Waals surface area contributed by atoms with Crippen LogP contribution >= 0.6 is 11.6 Å². The van der Waals surface area contributed by atoms with Gasteiger partial charge in [0.05, 0.1) is 40.8 Å². The summed E-state index contributed by atoms with van der Waals surface area (Å²) in [6.45, 7) is 3.22. The summed E-state index contributed by atoms with van der Waals surface area (Å²) in [7, 11) is 0. The summed E-state index contributed by atoms with van der Waals surface area (Å²) in [6, 6.07) is 7.61. The molecule has 6 nitrogen and oxygen atoms in total. The SMILES string of the molecule is CC(Cl)c1nc2ccc(C#N)cc2n1CCn1ccnn1. The monoisotopic (exact) mass is 300 g/mol. The van der Waals surface area contributed by atoms with Crippen molar-refractivity contribution in [2.24, 2.45) is 0 Å². The van der Waals surface area contributed by atoms with E-state index in [0.29, 0.717) is 18.7 Å². The van der Waals surface area contributed by atoms with E-state index in [4.69, 9.17) is 16.9 Å². The molecule has 0 N–H and O–H groups in total. The highest BCUT2D eigenvalue weighted by molar-refractivity contribution is 6.20. The Hall–Kier alpha value is -2.39. The molecule has 1 unspecified atom stereocenters. The van der Waals surface area contributed by atoms with Gasteiger partial charge in [0, 0.05) is 12.7 Å². The zero-order valence-electron chi connectivity index (χ0n) is 11.4. The van der Waals surface area contributed by atoms with Crippen molar-refractivity contribution >= 4 is 22.6 Å². The van der Waals surface area contributed by atoms with Crippen molar-refractivity contribution in [1.82, 2.24) is 24.5 Å². The third kappa shape index (κ3) is 2.60. The lowest BCUT2D eigenvalue weighted by Gasteiger charge is -2.10. The zero-order chi connectivity index (χ0) is 14.8. The average Bonchev–Trinajstić information content (AvgIpc) is 3.11. The normalized spacial score (nSPS) is 12.4. The van der Waals surface area contributed by atoms with Gasteiger partial charge in [0.2, 0.25) is 0 Å². The largest absolute Gasteiger partial charge is 0.325 e. The zero-order valence-corrected chi connectivity index (χ0v) is 12.2. The summed E-state index contributed by atoms with van der Waals surface area (Å²) in [5, 5.41) is 16.6. The van der Waals surface area contributed by atoms with Crippen LogP contribution < -0.4 is 0 Å². The van der Waals surface area contributed by atoms with Crippen LogP contribution in [-0.4, -0.2) is 24.5 Å². The summed E-state index contributed by atoms with van der Waals surface area (Å²) < 4.78 is 3.79. The van der Waals surface area contributed by atoms with Gasteiger partial charge in [-0.25, -0.2) is 4.98 Å². The number of aryl methyl sites for hydroxylation is 2. The molecule has 1 aromatic carbocycles. The molecule has 21 heavy (non-hydrogen) atoms. The number of hydrogen-bond acceptors (Lipinski definition) is 4. The number of nitrogens with zero attached hydrogens (tertiary/aromatic N) is 6. The first-order chi connectivity index (χ1) is 10.2. The maximum atomic E-state index is 9.06. The molecule has 0 bridgehead atoms. The van der Waals surface area contributed by atoms with Gasteiger partial charge in [-0.05, 0) is 25.1 Å². The highest BCUT2D eigenvalue weighted by Crippen LogP contribution is 2.25. The Morgan fingerprint density at radius 1 is 1.38 bits per heavy atom. The molecular weight excluding hydrogens is 288 g/mol. The van der Waals surface area contributed by atoms with Crippen LogP contribution in [0, 0.1) is 11.3 Å². The summed E-state index contributed by atoms with van der Waals surface area (Å²) >= 11 is 6.23. The Bertz CT molecular complexity index is 797. The molecule has 3 aromatic rings. The van der Waals surface area contributed by atoms with Crippen molar-refractivity contribution in [3.8, 4) is 6.07 Å². The number of aromatic nitrogens is 5. The maximum Gasteiger partial charge on any atom is 0.127 e. The molecule has 0 aliphatic rings. The minimum absolute atomic E-state index is 0.210. The second-order valence-electron chi connectivity index (χ2n) is 4.72. The van der Waals surface area contributed by atoms with Gasteiger partial charge in [0.25, 0.3) is 0 Å². The number of halogens is 1. The van der Waals surface area contributed by atoms with E-state index in [1.54, 1.807) is 16.9 Å². The van der Waals surface area contributed by atoms with Gasteiger partial charge in [0.15, 0.2) is 0 Å². The third-order valence-corrected chi connectivity index (χ3v) is 3.48. The highest BCUT2D eigenvalue weighted by atomic mass is 35.5. The molecule has 106 valence electrons. The van der Waals surface area contributed by atoms with Crippen LogP contribution in [0.5, 0.6) is 0 Å². The van der Waals surface area contributed by atoms with Crippen molar-refractivity contribution < 1.29 is 0 Å². The van der Waals surface area contributed by atoms with Crippen LogP contribution in [0.3, 0.4) is 0 Å². The van der Waals surface area contributed by atoms with Gasteiger partial charge in [-0.2, -0.15) is 5.26 Å². The van der Waals surface area contributed by atoms with E-state index in [2.05, 4.69) is 21.4 Å². The second kappa shape index (κ2) is 5.54. The van der Waals surface area contributed by atoms with E-state index in [-0.39, 0.29) is 5.38 Å². The lowest BCUT2D eigenvalue weighted by Crippen LogP contribution is -2.11. The third-order valence-electron chi connectivity index (χ3n) is 3.29. The molecular formula is C14H13ClN6. The van der Waals surface area contributed by atoms with E-state index >= 15 is 0 Å². The predicted molar refractivity (Wildman–Crippen MR) is 78.7 cm³/mol. The summed E-state index contributed by atoms with van der Waals surface area (Å²) in [5.74, 6) is 0.793. The molecule has 0 spiro atoms. The maximum absolute atomic E-state index is 9.06.